The second-order valence-electron chi connectivity index (χ2n) is 38.3. The highest BCUT2D eigenvalue weighted by atomic mass is 16.2. The maximum absolute atomic E-state index is 13.4. The van der Waals surface area contributed by atoms with Crippen LogP contribution in [0.1, 0.15) is 230 Å². The highest BCUT2D eigenvalue weighted by Gasteiger charge is 2.30. The minimum Gasteiger partial charge on any atom is -0.326 e. The van der Waals surface area contributed by atoms with Gasteiger partial charge in [0.2, 0.25) is 0 Å². The van der Waals surface area contributed by atoms with Gasteiger partial charge in [0, 0.05) is 55.0 Å². The Kier molecular flexibility index (Phi) is 33.6. The Balaban J connectivity index is 0.000000137. The van der Waals surface area contributed by atoms with Crippen molar-refractivity contribution in [3.63, 3.8) is 0 Å². The van der Waals surface area contributed by atoms with Crippen molar-refractivity contribution >= 4 is 46.4 Å². The van der Waals surface area contributed by atoms with Crippen LogP contribution in [0.3, 0.4) is 0 Å². The summed E-state index contributed by atoms with van der Waals surface area (Å²) in [7, 11) is 0. The molecule has 4 heterocycles. The first-order chi connectivity index (χ1) is 69.4. The molecule has 3 aliphatic rings. The summed E-state index contributed by atoms with van der Waals surface area (Å²) in [6.07, 6.45) is 7.78. The average molecular weight is 1910 g/mol. The minimum atomic E-state index is -0.219. The summed E-state index contributed by atoms with van der Waals surface area (Å²) in [5.74, 6) is 1.46. The van der Waals surface area contributed by atoms with E-state index in [1.807, 2.05) is 216 Å². The van der Waals surface area contributed by atoms with Gasteiger partial charge >= 0.3 is 0 Å². The van der Waals surface area contributed by atoms with Crippen LogP contribution in [0.15, 0.2) is 315 Å². The van der Waals surface area contributed by atoms with Gasteiger partial charge in [-0.3, -0.25) is 19.2 Å². The van der Waals surface area contributed by atoms with E-state index < -0.39 is 0 Å². The Morgan fingerprint density at radius 1 is 0.287 bits per heavy atom. The van der Waals surface area contributed by atoms with Gasteiger partial charge in [0.25, 0.3) is 23.6 Å². The van der Waals surface area contributed by atoms with E-state index in [0.717, 1.165) is 150 Å². The monoisotopic (exact) mass is 1910 g/mol. The number of rotatable bonds is 35. The molecule has 0 spiro atoms. The van der Waals surface area contributed by atoms with E-state index in [9.17, 15) is 19.2 Å². The van der Waals surface area contributed by atoms with Gasteiger partial charge in [0.1, 0.15) is 22.8 Å². The summed E-state index contributed by atoms with van der Waals surface area (Å²) in [6.45, 7) is 25.1. The summed E-state index contributed by atoms with van der Waals surface area (Å²) in [5, 5.41) is 45.6. The summed E-state index contributed by atoms with van der Waals surface area (Å²) in [4.78, 5) is 53.5. The summed E-state index contributed by atoms with van der Waals surface area (Å²) < 4.78 is 6.71. The van der Waals surface area contributed by atoms with Gasteiger partial charge in [-0.1, -0.05) is 205 Å². The number of carbonyl (C=O) groups is 4. The van der Waals surface area contributed by atoms with E-state index in [1.54, 1.807) is 30.9 Å². The Morgan fingerprint density at radius 2 is 0.573 bits per heavy atom. The first-order valence-corrected chi connectivity index (χ1v) is 49.7. The van der Waals surface area contributed by atoms with E-state index in [2.05, 4.69) is 220 Å². The van der Waals surface area contributed by atoms with E-state index >= 15 is 0 Å². The molecule has 16 aromatic rings. The third-order valence-corrected chi connectivity index (χ3v) is 25.9. The zero-order valence-electron chi connectivity index (χ0n) is 83.4. The predicted molar refractivity (Wildman–Crippen MR) is 575 cm³/mol. The van der Waals surface area contributed by atoms with Crippen LogP contribution in [0, 0.1) is 73.1 Å². The maximum Gasteiger partial charge on any atom is 0.274 e. The Bertz CT molecular complexity index is 7080. The first kappa shape index (κ1) is 101. The number of amides is 4. The van der Waals surface area contributed by atoms with Gasteiger partial charge in [0.15, 0.2) is 0 Å². The van der Waals surface area contributed by atoms with Gasteiger partial charge in [-0.2, -0.15) is 20.4 Å². The quantitative estimate of drug-likeness (QED) is 0.0176. The number of nitrogens with two attached hydrogens (primary N) is 4. The number of benzene rings is 12. The average Bonchev–Trinajstić information content (AvgIpc) is 1.30. The van der Waals surface area contributed by atoms with Gasteiger partial charge in [-0.15, -0.1) is 0 Å². The lowest BCUT2D eigenvalue weighted by Gasteiger charge is -2.23. The zero-order chi connectivity index (χ0) is 100. The molecule has 3 saturated carbocycles. The van der Waals surface area contributed by atoms with Crippen molar-refractivity contribution in [2.24, 2.45) is 40.7 Å². The van der Waals surface area contributed by atoms with Crippen LogP contribution in [-0.4, -0.2) is 88.4 Å². The van der Waals surface area contributed by atoms with Crippen LogP contribution in [-0.2, 0) is 26.2 Å². The minimum absolute atomic E-state index is 0.0184. The van der Waals surface area contributed by atoms with Gasteiger partial charge in [-0.25, -0.2) is 18.7 Å². The maximum atomic E-state index is 13.4. The number of anilines is 4. The Morgan fingerprint density at radius 3 is 0.895 bits per heavy atom. The number of nitrogens with one attached hydrogen (secondary N) is 8. The van der Waals surface area contributed by atoms with Crippen molar-refractivity contribution in [1.29, 1.82) is 0 Å². The molecule has 732 valence electrons. The lowest BCUT2D eigenvalue weighted by Crippen LogP contribution is -2.29. The van der Waals surface area contributed by atoms with Gasteiger partial charge < -0.3 is 65.5 Å². The van der Waals surface area contributed by atoms with E-state index in [0.29, 0.717) is 55.0 Å². The van der Waals surface area contributed by atoms with Crippen LogP contribution in [0.2, 0.25) is 0 Å². The number of carbonyl (C=O) groups excluding carboxylic acids is 4. The molecule has 24 nitrogen and oxygen atoms in total. The second-order valence-corrected chi connectivity index (χ2v) is 38.3. The standard InChI is InChI=1S/2C31H35N5O.C29H31N5O.C28H31N5O/c1-20-10-13-28(21(2)14-20)30(33-19-23-11-12-23)25-7-5-8-26(17-25)34-31(37)29-15-22(3)35-36(29)27-9-4-6-24(16-27)18-32;1-20-10-11-21(2)28(14-20)30(33-19-23-12-13-23)25-7-5-8-26(17-25)34-31(37)29-15-22(3)35-36(29)27-9-4-6-24(16-27)18-32;1-20-15-27(34(33-20)26-12-5-7-22(16-26)18-30)29(35)32-25-11-6-10-24(17-25)28(31-19-21-13-14-21)23-8-3-2-4-9-23;1-19(2)30-27(22-10-5-4-6-11-22)23-12-8-13-24(17-23)31-28(34)26-15-20(3)32-33(26)25-14-7-9-21(16-25)18-29/h4-10,13-17,23,30,33H,11-12,18-19,32H2,1-3H3,(H,34,37);4-11,14-17,23,30,33H,12-13,18-19,32H2,1-3H3,(H,34,37);2-12,15-17,21,28,31H,13-14,18-19,30H2,1H3,(H,32,35);4-17,19,27,30H,18,29H2,1-3H3,(H,31,34). The van der Waals surface area contributed by atoms with E-state index in [4.69, 9.17) is 22.9 Å². The number of nitrogens with zero attached hydrogens (tertiary/aromatic N) is 8. The van der Waals surface area contributed by atoms with Crippen molar-refractivity contribution in [3.05, 3.63) is 450 Å². The molecule has 24 heteroatoms. The highest BCUT2D eigenvalue weighted by Crippen LogP contribution is 2.38. The molecule has 4 atom stereocenters. The number of hydrogen-bond donors (Lipinski definition) is 12. The predicted octanol–water partition coefficient (Wildman–Crippen LogP) is 21.2. The van der Waals surface area contributed by atoms with Crippen molar-refractivity contribution in [1.82, 2.24) is 60.4 Å². The van der Waals surface area contributed by atoms with Crippen molar-refractivity contribution < 1.29 is 19.2 Å². The summed E-state index contributed by atoms with van der Waals surface area (Å²) >= 11 is 0. The van der Waals surface area contributed by atoms with Crippen molar-refractivity contribution in [3.8, 4) is 22.7 Å². The Hall–Kier alpha value is -15.0. The largest absolute Gasteiger partial charge is 0.326 e. The SMILES string of the molecule is Cc1cc(C(=O)Nc2cccc(C(NC(C)C)c3ccccc3)c2)n(-c2cccc(CN)c2)n1.Cc1cc(C(=O)Nc2cccc(C(NCC3CC3)c3ccccc3)c2)n(-c2cccc(CN)c2)n1.Cc1ccc(C(NCC2CC2)c2cccc(NC(=O)c3cc(C)nn3-c3cccc(CN)c3)c2)c(C)c1.Cc1ccc(C)c(C(NCC2CC2)c2cccc(NC(=O)c3cc(C)nn3-c3cccc(CN)c3)c2)c1. The zero-order valence-corrected chi connectivity index (χ0v) is 83.4. The smallest absolute Gasteiger partial charge is 0.274 e. The fraction of sp³-hybridized carbons (Fsp3) is 0.261. The number of aromatic nitrogens is 8. The highest BCUT2D eigenvalue weighted by molar-refractivity contribution is 6.06. The molecule has 16 N–H and O–H groups in total. The molecule has 0 bridgehead atoms. The molecule has 3 aliphatic carbocycles. The lowest BCUT2D eigenvalue weighted by molar-refractivity contribution is 0.101. The van der Waals surface area contributed by atoms with E-state index in [1.165, 1.54) is 83.0 Å². The second kappa shape index (κ2) is 47.5. The van der Waals surface area contributed by atoms with Crippen LogP contribution in [0.5, 0.6) is 0 Å². The molecule has 12 aromatic carbocycles. The first-order valence-electron chi connectivity index (χ1n) is 49.7. The Labute approximate surface area is 839 Å². The van der Waals surface area contributed by atoms with Crippen LogP contribution >= 0.6 is 0 Å². The van der Waals surface area contributed by atoms with Gasteiger partial charge in [-0.05, 0) is 344 Å². The molecule has 4 amide bonds. The molecule has 4 unspecified atom stereocenters. The topological polar surface area (TPSA) is 340 Å². The van der Waals surface area contributed by atoms with Crippen LogP contribution in [0.25, 0.3) is 22.7 Å². The fourth-order valence-corrected chi connectivity index (χ4v) is 17.9. The fourth-order valence-electron chi connectivity index (χ4n) is 17.9. The molecular formula is C119H132N20O4. The summed E-state index contributed by atoms with van der Waals surface area (Å²) in [6, 6.07) is 105. The molecule has 0 aliphatic heterocycles. The van der Waals surface area contributed by atoms with Gasteiger partial charge in [0.05, 0.1) is 69.7 Å². The van der Waals surface area contributed by atoms with Crippen molar-refractivity contribution in [2.75, 3.05) is 40.9 Å². The van der Waals surface area contributed by atoms with Crippen LogP contribution in [0.4, 0.5) is 22.7 Å². The molecule has 0 saturated heterocycles. The molecule has 4 aromatic heterocycles. The third-order valence-electron chi connectivity index (χ3n) is 25.9. The molecule has 3 fully saturated rings. The van der Waals surface area contributed by atoms with Crippen LogP contribution < -0.4 is 65.5 Å². The lowest BCUT2D eigenvalue weighted by atomic mass is 9.93. The van der Waals surface area contributed by atoms with Crippen molar-refractivity contribution in [2.45, 2.75) is 164 Å². The number of aryl methyl sites for hydroxylation is 8. The third kappa shape index (κ3) is 27.0. The molecule has 143 heavy (non-hydrogen) atoms. The number of hydrogen-bond acceptors (Lipinski definition) is 16. The normalized spacial score (nSPS) is 13.5. The summed E-state index contributed by atoms with van der Waals surface area (Å²) in [5.41, 5.74) is 52.9. The molecular weight excluding hydrogens is 1770 g/mol. The van der Waals surface area contributed by atoms with E-state index in [-0.39, 0.29) is 47.8 Å². The molecule has 0 radical (unpaired) electrons. The molecule has 19 rings (SSSR count).